The van der Waals surface area contributed by atoms with Crippen molar-refractivity contribution in [2.75, 3.05) is 56.7 Å². The van der Waals surface area contributed by atoms with E-state index < -0.39 is 0 Å². The SMILES string of the molecule is CN1CCC(CC(=O)Nc2ccccc2N2CCOCC2)C1. The monoisotopic (exact) mass is 303 g/mol. The molecule has 0 aromatic heterocycles. The predicted molar refractivity (Wildman–Crippen MR) is 88.3 cm³/mol. The predicted octanol–water partition coefficient (Wildman–Crippen LogP) is 1.80. The lowest BCUT2D eigenvalue weighted by Gasteiger charge is -2.30. The smallest absolute Gasteiger partial charge is 0.224 e. The van der Waals surface area contributed by atoms with Crippen LogP contribution >= 0.6 is 0 Å². The van der Waals surface area contributed by atoms with Crippen molar-refractivity contribution in [1.29, 1.82) is 0 Å². The number of nitrogens with zero attached hydrogens (tertiary/aromatic N) is 2. The van der Waals surface area contributed by atoms with E-state index in [9.17, 15) is 4.79 Å². The second-order valence-corrected chi connectivity index (χ2v) is 6.29. The van der Waals surface area contributed by atoms with E-state index in [2.05, 4.69) is 28.2 Å². The zero-order valence-electron chi connectivity index (χ0n) is 13.3. The maximum absolute atomic E-state index is 12.3. The molecule has 0 aliphatic carbocycles. The summed E-state index contributed by atoms with van der Waals surface area (Å²) in [5, 5.41) is 3.11. The number of benzene rings is 1. The molecule has 2 heterocycles. The fourth-order valence-electron chi connectivity index (χ4n) is 3.32. The van der Waals surface area contributed by atoms with Gasteiger partial charge in [0.15, 0.2) is 0 Å². The van der Waals surface area contributed by atoms with Crippen LogP contribution in [0.25, 0.3) is 0 Å². The number of carbonyl (C=O) groups excluding carboxylic acids is 1. The van der Waals surface area contributed by atoms with Gasteiger partial charge in [0.05, 0.1) is 24.6 Å². The number of anilines is 2. The minimum absolute atomic E-state index is 0.126. The summed E-state index contributed by atoms with van der Waals surface area (Å²) in [5.74, 6) is 0.613. The maximum Gasteiger partial charge on any atom is 0.224 e. The quantitative estimate of drug-likeness (QED) is 0.921. The van der Waals surface area contributed by atoms with Gasteiger partial charge in [0.1, 0.15) is 0 Å². The van der Waals surface area contributed by atoms with E-state index in [-0.39, 0.29) is 5.91 Å². The molecular weight excluding hydrogens is 278 g/mol. The number of para-hydroxylation sites is 2. The Kier molecular flexibility index (Phi) is 4.95. The van der Waals surface area contributed by atoms with Gasteiger partial charge in [-0.2, -0.15) is 0 Å². The molecule has 2 fully saturated rings. The van der Waals surface area contributed by atoms with Gasteiger partial charge in [0.25, 0.3) is 0 Å². The Morgan fingerprint density at radius 2 is 2.05 bits per heavy atom. The molecule has 0 saturated carbocycles. The van der Waals surface area contributed by atoms with Gasteiger partial charge in [0, 0.05) is 26.1 Å². The molecule has 1 atom stereocenters. The highest BCUT2D eigenvalue weighted by molar-refractivity contribution is 5.94. The number of rotatable bonds is 4. The van der Waals surface area contributed by atoms with Crippen molar-refractivity contribution in [2.45, 2.75) is 12.8 Å². The maximum atomic E-state index is 12.3. The average Bonchev–Trinajstić information content (AvgIpc) is 2.93. The van der Waals surface area contributed by atoms with Crippen molar-refractivity contribution < 1.29 is 9.53 Å². The molecule has 3 rings (SSSR count). The van der Waals surface area contributed by atoms with Crippen LogP contribution in [-0.2, 0) is 9.53 Å². The Morgan fingerprint density at radius 1 is 1.27 bits per heavy atom. The molecule has 2 saturated heterocycles. The van der Waals surface area contributed by atoms with Gasteiger partial charge >= 0.3 is 0 Å². The first-order valence-electron chi connectivity index (χ1n) is 8.12. The van der Waals surface area contributed by atoms with Gasteiger partial charge in [-0.1, -0.05) is 12.1 Å². The van der Waals surface area contributed by atoms with Crippen LogP contribution in [0.3, 0.4) is 0 Å². The van der Waals surface area contributed by atoms with Crippen LogP contribution in [-0.4, -0.2) is 57.2 Å². The fourth-order valence-corrected chi connectivity index (χ4v) is 3.32. The topological polar surface area (TPSA) is 44.8 Å². The van der Waals surface area contributed by atoms with Crippen LogP contribution in [0.15, 0.2) is 24.3 Å². The standard InChI is InChI=1S/C17H25N3O2/c1-19-7-6-14(13-19)12-17(21)18-15-4-2-3-5-16(15)20-8-10-22-11-9-20/h2-5,14H,6-13H2,1H3,(H,18,21). The Morgan fingerprint density at radius 3 is 2.77 bits per heavy atom. The first kappa shape index (κ1) is 15.3. The van der Waals surface area contributed by atoms with E-state index >= 15 is 0 Å². The number of hydrogen-bond acceptors (Lipinski definition) is 4. The lowest BCUT2D eigenvalue weighted by molar-refractivity contribution is -0.117. The van der Waals surface area contributed by atoms with Crippen LogP contribution in [0.5, 0.6) is 0 Å². The van der Waals surface area contributed by atoms with Gasteiger partial charge in [0.2, 0.25) is 5.91 Å². The van der Waals surface area contributed by atoms with E-state index in [1.807, 2.05) is 18.2 Å². The highest BCUT2D eigenvalue weighted by atomic mass is 16.5. The summed E-state index contributed by atoms with van der Waals surface area (Å²) in [6, 6.07) is 8.06. The largest absolute Gasteiger partial charge is 0.378 e. The summed E-state index contributed by atoms with van der Waals surface area (Å²) in [7, 11) is 2.12. The van der Waals surface area contributed by atoms with Gasteiger partial charge in [-0.05, 0) is 38.1 Å². The molecule has 2 aliphatic heterocycles. The van der Waals surface area contributed by atoms with E-state index in [1.165, 1.54) is 0 Å². The lowest BCUT2D eigenvalue weighted by Crippen LogP contribution is -2.36. The molecule has 1 unspecified atom stereocenters. The highest BCUT2D eigenvalue weighted by Crippen LogP contribution is 2.27. The molecule has 2 aliphatic rings. The van der Waals surface area contributed by atoms with Gasteiger partial charge < -0.3 is 19.9 Å². The zero-order chi connectivity index (χ0) is 15.4. The minimum atomic E-state index is 0.126. The molecule has 5 heteroatoms. The summed E-state index contributed by atoms with van der Waals surface area (Å²) in [4.78, 5) is 16.9. The van der Waals surface area contributed by atoms with Crippen LogP contribution in [0.4, 0.5) is 11.4 Å². The summed E-state index contributed by atoms with van der Waals surface area (Å²) in [5.41, 5.74) is 2.02. The summed E-state index contributed by atoms with van der Waals surface area (Å²) in [6.45, 7) is 5.37. The molecule has 1 amide bonds. The van der Waals surface area contributed by atoms with Crippen LogP contribution in [0.2, 0.25) is 0 Å². The van der Waals surface area contributed by atoms with E-state index in [0.29, 0.717) is 12.3 Å². The Hall–Kier alpha value is -1.59. The van der Waals surface area contributed by atoms with Crippen molar-refractivity contribution in [2.24, 2.45) is 5.92 Å². The average molecular weight is 303 g/mol. The van der Waals surface area contributed by atoms with Crippen molar-refractivity contribution >= 4 is 17.3 Å². The van der Waals surface area contributed by atoms with Gasteiger partial charge in [-0.25, -0.2) is 0 Å². The number of amides is 1. The second-order valence-electron chi connectivity index (χ2n) is 6.29. The molecular formula is C17H25N3O2. The normalized spacial score (nSPS) is 22.8. The van der Waals surface area contributed by atoms with E-state index in [1.54, 1.807) is 0 Å². The fraction of sp³-hybridized carbons (Fsp3) is 0.588. The third-order valence-corrected chi connectivity index (χ3v) is 4.49. The second kappa shape index (κ2) is 7.11. The molecule has 0 radical (unpaired) electrons. The molecule has 1 aromatic carbocycles. The van der Waals surface area contributed by atoms with Crippen LogP contribution in [0, 0.1) is 5.92 Å². The van der Waals surface area contributed by atoms with Crippen LogP contribution < -0.4 is 10.2 Å². The Balaban J connectivity index is 1.63. The number of carbonyl (C=O) groups is 1. The number of ether oxygens (including phenoxy) is 1. The van der Waals surface area contributed by atoms with Gasteiger partial charge in [-0.3, -0.25) is 4.79 Å². The third kappa shape index (κ3) is 3.78. The number of likely N-dealkylation sites (tertiary alicyclic amines) is 1. The molecule has 1 aromatic rings. The molecule has 22 heavy (non-hydrogen) atoms. The van der Waals surface area contributed by atoms with Crippen molar-refractivity contribution in [1.82, 2.24) is 4.90 Å². The third-order valence-electron chi connectivity index (χ3n) is 4.49. The zero-order valence-corrected chi connectivity index (χ0v) is 13.3. The molecule has 1 N–H and O–H groups in total. The lowest BCUT2D eigenvalue weighted by atomic mass is 10.0. The molecule has 0 bridgehead atoms. The number of morpholine rings is 1. The van der Waals surface area contributed by atoms with E-state index in [4.69, 9.17) is 4.74 Å². The molecule has 5 nitrogen and oxygen atoms in total. The van der Waals surface area contributed by atoms with Crippen molar-refractivity contribution in [3.05, 3.63) is 24.3 Å². The summed E-state index contributed by atoms with van der Waals surface area (Å²) < 4.78 is 5.41. The summed E-state index contributed by atoms with van der Waals surface area (Å²) >= 11 is 0. The summed E-state index contributed by atoms with van der Waals surface area (Å²) in [6.07, 6.45) is 1.73. The molecule has 120 valence electrons. The van der Waals surface area contributed by atoms with Crippen molar-refractivity contribution in [3.63, 3.8) is 0 Å². The number of nitrogens with one attached hydrogen (secondary N) is 1. The van der Waals surface area contributed by atoms with E-state index in [0.717, 1.165) is 57.2 Å². The molecule has 0 spiro atoms. The van der Waals surface area contributed by atoms with Gasteiger partial charge in [-0.15, -0.1) is 0 Å². The van der Waals surface area contributed by atoms with Crippen molar-refractivity contribution in [3.8, 4) is 0 Å². The highest BCUT2D eigenvalue weighted by Gasteiger charge is 2.23. The van der Waals surface area contributed by atoms with Crippen LogP contribution in [0.1, 0.15) is 12.8 Å². The Labute approximate surface area is 132 Å². The minimum Gasteiger partial charge on any atom is -0.378 e. The first-order chi connectivity index (χ1) is 10.7. The Bertz CT molecular complexity index is 514. The first-order valence-corrected chi connectivity index (χ1v) is 8.12. The number of hydrogen-bond donors (Lipinski definition) is 1.